The van der Waals surface area contributed by atoms with Crippen LogP contribution in [0.3, 0.4) is 0 Å². The molecule has 1 atom stereocenters. The van der Waals surface area contributed by atoms with Crippen molar-refractivity contribution >= 4 is 11.9 Å². The molecule has 0 fully saturated rings. The Morgan fingerprint density at radius 2 is 1.26 bits per heavy atom. The lowest BCUT2D eigenvalue weighted by molar-refractivity contribution is -0.190. The molecule has 19 heavy (non-hydrogen) atoms. The molecule has 0 aliphatic heterocycles. The average Bonchev–Trinajstić information content (AvgIpc) is 2.11. The predicted molar refractivity (Wildman–Crippen MR) is 74.6 cm³/mol. The molecule has 0 spiro atoms. The molecular formula is C15H28O4. The van der Waals surface area contributed by atoms with E-state index >= 15 is 0 Å². The Morgan fingerprint density at radius 3 is 1.58 bits per heavy atom. The smallest absolute Gasteiger partial charge is 0.350 e. The lowest BCUT2D eigenvalue weighted by atomic mass is 9.82. The molecule has 0 amide bonds. The first-order chi connectivity index (χ1) is 8.17. The Labute approximate surface area is 116 Å². The Morgan fingerprint density at radius 1 is 0.842 bits per heavy atom. The second kappa shape index (κ2) is 5.51. The monoisotopic (exact) mass is 272 g/mol. The van der Waals surface area contributed by atoms with Crippen LogP contribution >= 0.6 is 0 Å². The first kappa shape index (κ1) is 17.9. The fraction of sp³-hybridized carbons (Fsp3) is 0.867. The summed E-state index contributed by atoms with van der Waals surface area (Å²) >= 11 is 0. The van der Waals surface area contributed by atoms with Gasteiger partial charge in [0.25, 0.3) is 0 Å². The molecule has 0 radical (unpaired) electrons. The van der Waals surface area contributed by atoms with Crippen LogP contribution in [-0.4, -0.2) is 23.1 Å². The summed E-state index contributed by atoms with van der Waals surface area (Å²) in [5.74, 6) is -1.22. The Balaban J connectivity index is 4.78. The second-order valence-electron chi connectivity index (χ2n) is 7.52. The van der Waals surface area contributed by atoms with Crippen LogP contribution in [-0.2, 0) is 19.1 Å². The first-order valence-electron chi connectivity index (χ1n) is 6.63. The van der Waals surface area contributed by atoms with Crippen LogP contribution in [0.25, 0.3) is 0 Å². The van der Waals surface area contributed by atoms with Gasteiger partial charge in [-0.05, 0) is 40.0 Å². The molecule has 1 unspecified atom stereocenters. The Kier molecular flexibility index (Phi) is 5.21. The zero-order chi connectivity index (χ0) is 15.6. The van der Waals surface area contributed by atoms with Crippen molar-refractivity contribution in [1.82, 2.24) is 0 Å². The summed E-state index contributed by atoms with van der Waals surface area (Å²) in [6.07, 6.45) is 0. The summed E-state index contributed by atoms with van der Waals surface area (Å²) in [4.78, 5) is 24.0. The fourth-order valence-electron chi connectivity index (χ4n) is 1.14. The highest BCUT2D eigenvalue weighted by molar-refractivity contribution is 5.83. The summed E-state index contributed by atoms with van der Waals surface area (Å²) in [6.45, 7) is 16.1. The van der Waals surface area contributed by atoms with Crippen molar-refractivity contribution in [3.63, 3.8) is 0 Å². The highest BCUT2D eigenvalue weighted by Gasteiger charge is 2.39. The van der Waals surface area contributed by atoms with E-state index in [0.29, 0.717) is 0 Å². The van der Waals surface area contributed by atoms with E-state index in [9.17, 15) is 9.59 Å². The minimum Gasteiger partial charge on any atom is -0.457 e. The molecule has 0 aliphatic carbocycles. The molecule has 0 heterocycles. The van der Waals surface area contributed by atoms with Crippen molar-refractivity contribution < 1.29 is 19.1 Å². The third-order valence-electron chi connectivity index (χ3n) is 2.90. The summed E-state index contributed by atoms with van der Waals surface area (Å²) in [7, 11) is 0. The first-order valence-corrected chi connectivity index (χ1v) is 6.63. The maximum Gasteiger partial charge on any atom is 0.350 e. The van der Waals surface area contributed by atoms with E-state index in [1.165, 1.54) is 0 Å². The normalized spacial score (nSPS) is 14.8. The minimum absolute atomic E-state index is 0.207. The standard InChI is InChI=1S/C15H28O4/c1-10(13(2,3)4)11(16)18-15(8,9)12(17)19-14(5,6)7/h10H,1-9H3. The van der Waals surface area contributed by atoms with Gasteiger partial charge in [0, 0.05) is 0 Å². The largest absolute Gasteiger partial charge is 0.457 e. The highest BCUT2D eigenvalue weighted by atomic mass is 16.6. The van der Waals surface area contributed by atoms with E-state index in [-0.39, 0.29) is 17.3 Å². The number of carbonyl (C=O) groups is 2. The Bertz CT molecular complexity index is 342. The van der Waals surface area contributed by atoms with Crippen molar-refractivity contribution in [2.75, 3.05) is 0 Å². The van der Waals surface area contributed by atoms with E-state index in [1.807, 2.05) is 20.8 Å². The molecule has 4 heteroatoms. The lowest BCUT2D eigenvalue weighted by Crippen LogP contribution is -2.44. The third-order valence-corrected chi connectivity index (χ3v) is 2.90. The third kappa shape index (κ3) is 6.08. The van der Waals surface area contributed by atoms with E-state index in [4.69, 9.17) is 9.47 Å². The maximum atomic E-state index is 12.0. The second-order valence-corrected chi connectivity index (χ2v) is 7.52. The molecule has 0 aromatic heterocycles. The van der Waals surface area contributed by atoms with Gasteiger partial charge in [0.2, 0.25) is 5.60 Å². The van der Waals surface area contributed by atoms with E-state index in [0.717, 1.165) is 0 Å². The minimum atomic E-state index is -1.27. The van der Waals surface area contributed by atoms with Gasteiger partial charge in [0.05, 0.1) is 5.92 Å². The number of hydrogen-bond donors (Lipinski definition) is 0. The number of esters is 2. The van der Waals surface area contributed by atoms with Gasteiger partial charge < -0.3 is 9.47 Å². The molecule has 0 rings (SSSR count). The number of ether oxygens (including phenoxy) is 2. The van der Waals surface area contributed by atoms with E-state index in [1.54, 1.807) is 41.5 Å². The predicted octanol–water partition coefficient (Wildman–Crippen LogP) is 3.33. The van der Waals surface area contributed by atoms with Gasteiger partial charge in [-0.1, -0.05) is 27.7 Å². The van der Waals surface area contributed by atoms with Crippen LogP contribution in [0.1, 0.15) is 62.3 Å². The summed E-state index contributed by atoms with van der Waals surface area (Å²) in [5.41, 5.74) is -2.08. The number of carbonyl (C=O) groups excluding carboxylic acids is 2. The molecular weight excluding hydrogens is 244 g/mol. The van der Waals surface area contributed by atoms with Crippen LogP contribution in [0.15, 0.2) is 0 Å². The van der Waals surface area contributed by atoms with E-state index < -0.39 is 17.2 Å². The molecule has 0 aromatic carbocycles. The quantitative estimate of drug-likeness (QED) is 0.739. The van der Waals surface area contributed by atoms with Crippen molar-refractivity contribution in [2.45, 2.75) is 73.5 Å². The van der Waals surface area contributed by atoms with Crippen LogP contribution in [0.5, 0.6) is 0 Å². The number of rotatable bonds is 3. The van der Waals surface area contributed by atoms with Gasteiger partial charge in [-0.15, -0.1) is 0 Å². The molecule has 0 aliphatic rings. The van der Waals surface area contributed by atoms with Gasteiger partial charge in [-0.3, -0.25) is 4.79 Å². The highest BCUT2D eigenvalue weighted by Crippen LogP contribution is 2.28. The van der Waals surface area contributed by atoms with Crippen molar-refractivity contribution in [1.29, 1.82) is 0 Å². The van der Waals surface area contributed by atoms with Crippen LogP contribution in [0.4, 0.5) is 0 Å². The maximum absolute atomic E-state index is 12.0. The van der Waals surface area contributed by atoms with Crippen molar-refractivity contribution in [2.24, 2.45) is 11.3 Å². The zero-order valence-electron chi connectivity index (χ0n) is 13.7. The molecule has 0 bridgehead atoms. The SMILES string of the molecule is CC(C(=O)OC(C)(C)C(=O)OC(C)(C)C)C(C)(C)C. The van der Waals surface area contributed by atoms with Crippen LogP contribution in [0, 0.1) is 11.3 Å². The average molecular weight is 272 g/mol. The summed E-state index contributed by atoms with van der Waals surface area (Å²) < 4.78 is 10.6. The molecule has 0 saturated carbocycles. The van der Waals surface area contributed by atoms with Crippen molar-refractivity contribution in [3.8, 4) is 0 Å². The number of hydrogen-bond acceptors (Lipinski definition) is 4. The topological polar surface area (TPSA) is 52.6 Å². The van der Waals surface area contributed by atoms with Crippen molar-refractivity contribution in [3.05, 3.63) is 0 Å². The van der Waals surface area contributed by atoms with Crippen LogP contribution < -0.4 is 0 Å². The van der Waals surface area contributed by atoms with Gasteiger partial charge in [-0.25, -0.2) is 4.79 Å². The van der Waals surface area contributed by atoms with Gasteiger partial charge >= 0.3 is 11.9 Å². The Hall–Kier alpha value is -1.06. The molecule has 0 N–H and O–H groups in total. The molecule has 112 valence electrons. The van der Waals surface area contributed by atoms with Gasteiger partial charge in [0.15, 0.2) is 0 Å². The van der Waals surface area contributed by atoms with Gasteiger partial charge in [0.1, 0.15) is 5.60 Å². The molecule has 0 aromatic rings. The van der Waals surface area contributed by atoms with Crippen LogP contribution in [0.2, 0.25) is 0 Å². The summed E-state index contributed by atoms with van der Waals surface area (Å²) in [5, 5.41) is 0. The van der Waals surface area contributed by atoms with Gasteiger partial charge in [-0.2, -0.15) is 0 Å². The fourth-order valence-corrected chi connectivity index (χ4v) is 1.14. The molecule has 4 nitrogen and oxygen atoms in total. The zero-order valence-corrected chi connectivity index (χ0v) is 13.7. The lowest BCUT2D eigenvalue weighted by Gasteiger charge is -2.31. The molecule has 0 saturated heterocycles. The summed E-state index contributed by atoms with van der Waals surface area (Å²) in [6, 6.07) is 0. The van der Waals surface area contributed by atoms with E-state index in [2.05, 4.69) is 0 Å².